The summed E-state index contributed by atoms with van der Waals surface area (Å²) in [4.78, 5) is 6.19. The van der Waals surface area contributed by atoms with Crippen LogP contribution in [0.1, 0.15) is 36.9 Å². The maximum absolute atomic E-state index is 6.09. The number of thiophene rings is 1. The van der Waals surface area contributed by atoms with E-state index in [1.807, 2.05) is 0 Å². The third-order valence-electron chi connectivity index (χ3n) is 6.34. The van der Waals surface area contributed by atoms with E-state index in [4.69, 9.17) is 9.72 Å². The normalized spacial score (nSPS) is 15.0. The number of hydrogen-bond donors (Lipinski definition) is 1. The number of piperidine rings is 1. The molecule has 1 aliphatic rings. The average molecular weight is 435 g/mol. The fourth-order valence-corrected chi connectivity index (χ4v) is 5.39. The van der Waals surface area contributed by atoms with Gasteiger partial charge in [-0.25, -0.2) is 4.98 Å². The summed E-state index contributed by atoms with van der Waals surface area (Å²) in [5.41, 5.74) is 3.71. The van der Waals surface area contributed by atoms with Crippen LogP contribution in [0.4, 0.5) is 0 Å². The molecule has 0 spiro atoms. The Kier molecular flexibility index (Phi) is 5.83. The van der Waals surface area contributed by atoms with Crippen molar-refractivity contribution in [2.75, 3.05) is 19.7 Å². The van der Waals surface area contributed by atoms with Gasteiger partial charge in [0.2, 0.25) is 0 Å². The topological polar surface area (TPSA) is 44.0 Å². The van der Waals surface area contributed by atoms with Crippen molar-refractivity contribution >= 4 is 21.6 Å². The monoisotopic (exact) mass is 434 g/mol. The molecule has 4 aromatic rings. The molecular formula is C25H30N4OS. The van der Waals surface area contributed by atoms with Crippen molar-refractivity contribution in [2.45, 2.75) is 38.6 Å². The molecule has 0 bridgehead atoms. The lowest BCUT2D eigenvalue weighted by Crippen LogP contribution is -2.26. The third kappa shape index (κ3) is 4.14. The number of fused-ring (bicyclic) bond motifs is 1. The molecule has 1 aliphatic heterocycles. The quantitative estimate of drug-likeness (QED) is 0.434. The van der Waals surface area contributed by atoms with Crippen LogP contribution in [0.2, 0.25) is 0 Å². The first-order valence-electron chi connectivity index (χ1n) is 11.3. The number of imidazole rings is 1. The summed E-state index contributed by atoms with van der Waals surface area (Å²) in [5, 5.41) is 6.86. The largest absolute Gasteiger partial charge is 0.492 e. The molecule has 0 amide bonds. The summed E-state index contributed by atoms with van der Waals surface area (Å²) in [6.07, 6.45) is 5.54. The molecule has 1 fully saturated rings. The highest BCUT2D eigenvalue weighted by molar-refractivity contribution is 7.16. The van der Waals surface area contributed by atoms with Gasteiger partial charge in [0.15, 0.2) is 5.82 Å². The predicted molar refractivity (Wildman–Crippen MR) is 128 cm³/mol. The van der Waals surface area contributed by atoms with Crippen molar-refractivity contribution in [3.05, 3.63) is 59.2 Å². The predicted octanol–water partition coefficient (Wildman–Crippen LogP) is 5.21. The highest BCUT2D eigenvalue weighted by Gasteiger charge is 2.16. The maximum atomic E-state index is 6.09. The Balaban J connectivity index is 1.28. The second kappa shape index (κ2) is 8.89. The fourth-order valence-electron chi connectivity index (χ4n) is 4.53. The molecule has 0 unspecified atom stereocenters. The molecule has 1 N–H and O–H groups in total. The van der Waals surface area contributed by atoms with Gasteiger partial charge in [0.25, 0.3) is 0 Å². The summed E-state index contributed by atoms with van der Waals surface area (Å²) >= 11 is 1.77. The van der Waals surface area contributed by atoms with E-state index in [1.54, 1.807) is 11.3 Å². The number of hydrogen-bond acceptors (Lipinski definition) is 4. The van der Waals surface area contributed by atoms with Crippen LogP contribution < -0.4 is 10.1 Å². The van der Waals surface area contributed by atoms with Crippen molar-refractivity contribution in [3.63, 3.8) is 0 Å². The van der Waals surface area contributed by atoms with Crippen molar-refractivity contribution in [1.29, 1.82) is 0 Å². The molecule has 6 heteroatoms. The second-order valence-electron chi connectivity index (χ2n) is 8.31. The van der Waals surface area contributed by atoms with Crippen LogP contribution in [0.5, 0.6) is 5.75 Å². The van der Waals surface area contributed by atoms with E-state index < -0.39 is 0 Å². The third-order valence-corrected chi connectivity index (χ3v) is 7.35. The summed E-state index contributed by atoms with van der Waals surface area (Å²) in [5.74, 6) is 2.64. The lowest BCUT2D eigenvalue weighted by Gasteiger charge is -2.23. The number of benzene rings is 1. The molecule has 4 heterocycles. The van der Waals surface area contributed by atoms with Gasteiger partial charge in [-0.3, -0.25) is 0 Å². The van der Waals surface area contributed by atoms with Crippen LogP contribution in [-0.2, 0) is 20.0 Å². The molecule has 3 aromatic heterocycles. The molecule has 5 nitrogen and oxygen atoms in total. The van der Waals surface area contributed by atoms with Crippen molar-refractivity contribution in [3.8, 4) is 17.3 Å². The lowest BCUT2D eigenvalue weighted by molar-refractivity contribution is 0.298. The lowest BCUT2D eigenvalue weighted by atomic mass is 9.90. The van der Waals surface area contributed by atoms with Gasteiger partial charge in [0, 0.05) is 18.6 Å². The zero-order valence-corrected chi connectivity index (χ0v) is 19.1. The molecule has 31 heavy (non-hydrogen) atoms. The Labute approximate surface area is 187 Å². The van der Waals surface area contributed by atoms with Gasteiger partial charge < -0.3 is 19.2 Å². The van der Waals surface area contributed by atoms with Gasteiger partial charge in [0.05, 0.1) is 17.9 Å². The summed E-state index contributed by atoms with van der Waals surface area (Å²) in [6.45, 7) is 5.79. The zero-order valence-electron chi connectivity index (χ0n) is 18.3. The molecule has 1 aromatic carbocycles. The van der Waals surface area contributed by atoms with E-state index in [0.717, 1.165) is 49.0 Å². The van der Waals surface area contributed by atoms with Crippen molar-refractivity contribution < 1.29 is 4.74 Å². The van der Waals surface area contributed by atoms with Crippen LogP contribution in [0.25, 0.3) is 21.7 Å². The van der Waals surface area contributed by atoms with E-state index in [1.165, 1.54) is 28.6 Å². The summed E-state index contributed by atoms with van der Waals surface area (Å²) in [6, 6.07) is 13.1. The van der Waals surface area contributed by atoms with Gasteiger partial charge in [-0.05, 0) is 73.5 Å². The number of aryl methyl sites for hydroxylation is 2. The molecule has 1 saturated heterocycles. The van der Waals surface area contributed by atoms with E-state index in [-0.39, 0.29) is 0 Å². The highest BCUT2D eigenvalue weighted by Crippen LogP contribution is 2.30. The Bertz CT molecular complexity index is 1150. The standard InChI is InChI=1S/C25H30N4OS/c1-3-21-17-29(24(27-21)23-16-20-10-15-31-25(20)28(23)2)13-14-30-22-6-4-18(5-7-22)19-8-11-26-12-9-19/h4-7,10,15-17,19,26H,3,8-9,11-14H2,1-2H3. The van der Waals surface area contributed by atoms with Crippen LogP contribution in [0.15, 0.2) is 48.0 Å². The van der Waals surface area contributed by atoms with Crippen LogP contribution in [0.3, 0.4) is 0 Å². The fraction of sp³-hybridized carbons (Fsp3) is 0.400. The SMILES string of the molecule is CCc1cn(CCOc2ccc(C3CCNCC3)cc2)c(-c2cc3ccsc3n2C)n1. The van der Waals surface area contributed by atoms with E-state index in [9.17, 15) is 0 Å². The first-order chi connectivity index (χ1) is 15.2. The molecule has 0 atom stereocenters. The Morgan fingerprint density at radius 1 is 1.16 bits per heavy atom. The maximum Gasteiger partial charge on any atom is 0.157 e. The van der Waals surface area contributed by atoms with Gasteiger partial charge >= 0.3 is 0 Å². The van der Waals surface area contributed by atoms with Crippen molar-refractivity contribution in [1.82, 2.24) is 19.4 Å². The zero-order chi connectivity index (χ0) is 21.2. The molecule has 0 aliphatic carbocycles. The second-order valence-corrected chi connectivity index (χ2v) is 9.21. The average Bonchev–Trinajstić information content (AvgIpc) is 3.51. The Hall–Kier alpha value is -2.57. The van der Waals surface area contributed by atoms with Gasteiger partial charge in [-0.1, -0.05) is 19.1 Å². The summed E-state index contributed by atoms with van der Waals surface area (Å²) in [7, 11) is 2.12. The Morgan fingerprint density at radius 3 is 2.71 bits per heavy atom. The number of aromatic nitrogens is 3. The number of rotatable bonds is 7. The minimum absolute atomic E-state index is 0.623. The minimum Gasteiger partial charge on any atom is -0.492 e. The van der Waals surface area contributed by atoms with Crippen LogP contribution in [0, 0.1) is 0 Å². The van der Waals surface area contributed by atoms with E-state index in [0.29, 0.717) is 12.5 Å². The van der Waals surface area contributed by atoms with Gasteiger partial charge in [0.1, 0.15) is 17.2 Å². The first-order valence-corrected chi connectivity index (χ1v) is 12.1. The van der Waals surface area contributed by atoms with Gasteiger partial charge in [-0.2, -0.15) is 0 Å². The van der Waals surface area contributed by atoms with Crippen LogP contribution in [-0.4, -0.2) is 33.8 Å². The minimum atomic E-state index is 0.623. The van der Waals surface area contributed by atoms with Gasteiger partial charge in [-0.15, -0.1) is 11.3 Å². The molecule has 162 valence electrons. The number of nitrogens with zero attached hydrogens (tertiary/aromatic N) is 3. The smallest absolute Gasteiger partial charge is 0.157 e. The Morgan fingerprint density at radius 2 is 1.97 bits per heavy atom. The highest BCUT2D eigenvalue weighted by atomic mass is 32.1. The molecule has 0 saturated carbocycles. The molecule has 5 rings (SSSR count). The number of nitrogens with one attached hydrogen (secondary N) is 1. The van der Waals surface area contributed by atoms with Crippen LogP contribution >= 0.6 is 11.3 Å². The van der Waals surface area contributed by atoms with E-state index in [2.05, 4.69) is 76.4 Å². The molecular weight excluding hydrogens is 404 g/mol. The summed E-state index contributed by atoms with van der Waals surface area (Å²) < 4.78 is 10.6. The van der Waals surface area contributed by atoms with Crippen molar-refractivity contribution in [2.24, 2.45) is 7.05 Å². The molecule has 0 radical (unpaired) electrons. The van der Waals surface area contributed by atoms with E-state index >= 15 is 0 Å². The first kappa shape index (κ1) is 20.3. The number of ether oxygens (including phenoxy) is 1.